The first-order chi connectivity index (χ1) is 12.5. The average Bonchev–Trinajstić information content (AvgIpc) is 3.04. The largest absolute Gasteiger partial charge is 0.310 e. The average molecular weight is 405 g/mol. The van der Waals surface area contributed by atoms with Crippen molar-refractivity contribution in [1.29, 1.82) is 0 Å². The lowest BCUT2D eigenvalue weighted by molar-refractivity contribution is 0.612. The van der Waals surface area contributed by atoms with Crippen molar-refractivity contribution in [2.75, 3.05) is 0 Å². The number of rotatable bonds is 3. The van der Waals surface area contributed by atoms with Crippen LogP contribution in [0.5, 0.6) is 0 Å². The van der Waals surface area contributed by atoms with Crippen molar-refractivity contribution in [3.63, 3.8) is 0 Å². The van der Waals surface area contributed by atoms with Crippen LogP contribution < -0.4 is 5.56 Å². The summed E-state index contributed by atoms with van der Waals surface area (Å²) in [7, 11) is 0. The van der Waals surface area contributed by atoms with Gasteiger partial charge in [0.15, 0.2) is 0 Å². The molecule has 0 amide bonds. The van der Waals surface area contributed by atoms with Crippen LogP contribution in [0.4, 0.5) is 4.39 Å². The Morgan fingerprint density at radius 3 is 2.69 bits per heavy atom. The Kier molecular flexibility index (Phi) is 4.53. The zero-order valence-corrected chi connectivity index (χ0v) is 15.6. The van der Waals surface area contributed by atoms with Gasteiger partial charge in [0.25, 0.3) is 5.56 Å². The Morgan fingerprint density at radius 2 is 1.92 bits per heavy atom. The predicted molar refractivity (Wildman–Crippen MR) is 105 cm³/mol. The number of hydrogen-bond donors (Lipinski definition) is 1. The Bertz CT molecular complexity index is 1190. The number of aromatic nitrogens is 2. The molecular formula is C19H11Cl2FN2OS. The number of halogens is 3. The summed E-state index contributed by atoms with van der Waals surface area (Å²) in [6.45, 7) is 0. The molecule has 2 heterocycles. The molecule has 7 heteroatoms. The third kappa shape index (κ3) is 3.14. The van der Waals surface area contributed by atoms with E-state index in [2.05, 4.69) is 9.97 Å². The van der Waals surface area contributed by atoms with E-state index in [1.165, 1.54) is 17.4 Å². The number of fused-ring (bicyclic) bond motifs is 1. The highest BCUT2D eigenvalue weighted by molar-refractivity contribution is 7.17. The van der Waals surface area contributed by atoms with Gasteiger partial charge >= 0.3 is 0 Å². The van der Waals surface area contributed by atoms with Gasteiger partial charge in [-0.3, -0.25) is 4.79 Å². The molecule has 0 bridgehead atoms. The smallest absolute Gasteiger partial charge is 0.260 e. The number of thiophene rings is 1. The fraction of sp³-hybridized carbons (Fsp3) is 0.0526. The third-order valence-electron chi connectivity index (χ3n) is 4.04. The fourth-order valence-electron chi connectivity index (χ4n) is 2.78. The number of H-pyrrole nitrogens is 1. The molecule has 3 nitrogen and oxygen atoms in total. The molecule has 0 atom stereocenters. The van der Waals surface area contributed by atoms with E-state index in [9.17, 15) is 9.18 Å². The topological polar surface area (TPSA) is 45.8 Å². The second kappa shape index (κ2) is 6.83. The molecule has 0 saturated heterocycles. The number of hydrogen-bond acceptors (Lipinski definition) is 3. The van der Waals surface area contributed by atoms with Gasteiger partial charge in [0, 0.05) is 17.4 Å². The highest BCUT2D eigenvalue weighted by Gasteiger charge is 2.14. The van der Waals surface area contributed by atoms with Crippen molar-refractivity contribution < 1.29 is 4.39 Å². The van der Waals surface area contributed by atoms with E-state index in [4.69, 9.17) is 23.2 Å². The summed E-state index contributed by atoms with van der Waals surface area (Å²) in [6.07, 6.45) is 0.220. The van der Waals surface area contributed by atoms with Crippen molar-refractivity contribution in [2.24, 2.45) is 0 Å². The third-order valence-corrected chi connectivity index (χ3v) is 5.65. The molecule has 2 aromatic heterocycles. The van der Waals surface area contributed by atoms with E-state index >= 15 is 0 Å². The standard InChI is InChI=1S/C19H11Cl2FN2OS/c20-13-6-5-10(7-14(13)21)12-9-26-19-17(12)18(25)23-16(24-19)8-11-3-1-2-4-15(11)22/h1-7,9H,8H2,(H,23,24,25). The number of aromatic amines is 1. The lowest BCUT2D eigenvalue weighted by Crippen LogP contribution is -2.12. The Balaban J connectivity index is 1.79. The molecule has 0 unspecified atom stereocenters. The van der Waals surface area contributed by atoms with Crippen LogP contribution in [0.15, 0.2) is 52.6 Å². The molecule has 4 rings (SSSR count). The zero-order chi connectivity index (χ0) is 18.3. The summed E-state index contributed by atoms with van der Waals surface area (Å²) in [4.78, 5) is 20.5. The second-order valence-corrected chi connectivity index (χ2v) is 7.41. The van der Waals surface area contributed by atoms with Gasteiger partial charge in [0.05, 0.1) is 15.4 Å². The van der Waals surface area contributed by atoms with E-state index in [0.717, 1.165) is 11.1 Å². The van der Waals surface area contributed by atoms with Crippen LogP contribution in [0, 0.1) is 5.82 Å². The minimum atomic E-state index is -0.321. The molecular weight excluding hydrogens is 394 g/mol. The molecule has 130 valence electrons. The summed E-state index contributed by atoms with van der Waals surface area (Å²) >= 11 is 13.4. The molecule has 26 heavy (non-hydrogen) atoms. The van der Waals surface area contributed by atoms with Gasteiger partial charge in [-0.2, -0.15) is 0 Å². The van der Waals surface area contributed by atoms with Crippen LogP contribution in [0.1, 0.15) is 11.4 Å². The van der Waals surface area contributed by atoms with Crippen LogP contribution in [0.2, 0.25) is 10.0 Å². The first-order valence-corrected chi connectivity index (χ1v) is 9.35. The number of benzene rings is 2. The van der Waals surface area contributed by atoms with Crippen molar-refractivity contribution in [1.82, 2.24) is 9.97 Å². The normalized spacial score (nSPS) is 11.2. The summed E-state index contributed by atoms with van der Waals surface area (Å²) < 4.78 is 13.8. The van der Waals surface area contributed by atoms with Crippen molar-refractivity contribution in [3.05, 3.63) is 85.4 Å². The van der Waals surface area contributed by atoms with E-state index in [1.807, 2.05) is 11.4 Å². The molecule has 0 aliphatic carbocycles. The number of nitrogens with zero attached hydrogens (tertiary/aromatic N) is 1. The molecule has 0 aliphatic rings. The van der Waals surface area contributed by atoms with E-state index in [1.54, 1.807) is 30.3 Å². The first kappa shape index (κ1) is 17.2. The Hall–Kier alpha value is -2.21. The maximum absolute atomic E-state index is 13.8. The molecule has 1 N–H and O–H groups in total. The lowest BCUT2D eigenvalue weighted by atomic mass is 10.1. The highest BCUT2D eigenvalue weighted by Crippen LogP contribution is 2.34. The van der Waals surface area contributed by atoms with Crippen molar-refractivity contribution in [2.45, 2.75) is 6.42 Å². The summed E-state index contributed by atoms with van der Waals surface area (Å²) in [6, 6.07) is 11.7. The minimum Gasteiger partial charge on any atom is -0.310 e. The molecule has 0 saturated carbocycles. The van der Waals surface area contributed by atoms with Gasteiger partial charge in [-0.05, 0) is 29.3 Å². The van der Waals surface area contributed by atoms with Gasteiger partial charge in [-0.25, -0.2) is 9.37 Å². The maximum Gasteiger partial charge on any atom is 0.260 e. The first-order valence-electron chi connectivity index (χ1n) is 7.72. The molecule has 0 aliphatic heterocycles. The Labute approximate surface area is 162 Å². The van der Waals surface area contributed by atoms with Crippen LogP contribution in [-0.4, -0.2) is 9.97 Å². The maximum atomic E-state index is 13.8. The summed E-state index contributed by atoms with van der Waals surface area (Å²) in [5.74, 6) is 0.105. The monoisotopic (exact) mass is 404 g/mol. The minimum absolute atomic E-state index is 0.220. The molecule has 0 fully saturated rings. The molecule has 4 aromatic rings. The van der Waals surface area contributed by atoms with Gasteiger partial charge in [-0.15, -0.1) is 11.3 Å². The van der Waals surface area contributed by atoms with Crippen molar-refractivity contribution in [3.8, 4) is 11.1 Å². The van der Waals surface area contributed by atoms with Crippen LogP contribution in [0.25, 0.3) is 21.3 Å². The van der Waals surface area contributed by atoms with Crippen molar-refractivity contribution >= 4 is 44.8 Å². The summed E-state index contributed by atoms with van der Waals surface area (Å²) in [5.41, 5.74) is 1.76. The molecule has 2 aromatic carbocycles. The quantitative estimate of drug-likeness (QED) is 0.476. The highest BCUT2D eigenvalue weighted by atomic mass is 35.5. The summed E-state index contributed by atoms with van der Waals surface area (Å²) in [5, 5.41) is 3.23. The van der Waals surface area contributed by atoms with Crippen LogP contribution >= 0.6 is 34.5 Å². The van der Waals surface area contributed by atoms with Gasteiger partial charge in [0.1, 0.15) is 16.5 Å². The van der Waals surface area contributed by atoms with Gasteiger partial charge in [0.2, 0.25) is 0 Å². The fourth-order valence-corrected chi connectivity index (χ4v) is 4.04. The molecule has 0 spiro atoms. The van der Waals surface area contributed by atoms with E-state index < -0.39 is 0 Å². The van der Waals surface area contributed by atoms with Gasteiger partial charge in [-0.1, -0.05) is 47.5 Å². The zero-order valence-electron chi connectivity index (χ0n) is 13.2. The SMILES string of the molecule is O=c1[nH]c(Cc2ccccc2F)nc2scc(-c3ccc(Cl)c(Cl)c3)c12. The molecule has 0 radical (unpaired) electrons. The van der Waals surface area contributed by atoms with E-state index in [0.29, 0.717) is 31.6 Å². The predicted octanol–water partition coefficient (Wildman–Crippen LogP) is 5.69. The second-order valence-electron chi connectivity index (χ2n) is 5.74. The van der Waals surface area contributed by atoms with Gasteiger partial charge < -0.3 is 4.98 Å². The van der Waals surface area contributed by atoms with Crippen LogP contribution in [0.3, 0.4) is 0 Å². The Morgan fingerprint density at radius 1 is 1.12 bits per heavy atom. The van der Waals surface area contributed by atoms with Crippen LogP contribution in [-0.2, 0) is 6.42 Å². The number of nitrogens with one attached hydrogen (secondary N) is 1. The van der Waals surface area contributed by atoms with E-state index in [-0.39, 0.29) is 17.8 Å². The lowest BCUT2D eigenvalue weighted by Gasteiger charge is -2.04.